The molecular formula is C12H25NO2S. The predicted molar refractivity (Wildman–Crippen MR) is 68.4 cm³/mol. The molecule has 0 spiro atoms. The van der Waals surface area contributed by atoms with Gasteiger partial charge in [-0.3, -0.25) is 0 Å². The second-order valence-electron chi connectivity index (χ2n) is 6.07. The molecule has 0 aromatic rings. The van der Waals surface area contributed by atoms with E-state index in [1.54, 1.807) is 0 Å². The molecule has 0 amide bonds. The van der Waals surface area contributed by atoms with Gasteiger partial charge >= 0.3 is 0 Å². The van der Waals surface area contributed by atoms with Crippen LogP contribution in [0.2, 0.25) is 0 Å². The number of sulfone groups is 1. The Hall–Kier alpha value is -0.0900. The van der Waals surface area contributed by atoms with Crippen molar-refractivity contribution >= 4 is 9.84 Å². The average molecular weight is 247 g/mol. The Bertz CT molecular complexity index is 297. The lowest BCUT2D eigenvalue weighted by atomic mass is 9.94. The summed E-state index contributed by atoms with van der Waals surface area (Å²) < 4.78 is 23.8. The van der Waals surface area contributed by atoms with E-state index in [1.807, 2.05) is 0 Å². The van der Waals surface area contributed by atoms with E-state index in [1.165, 1.54) is 6.42 Å². The van der Waals surface area contributed by atoms with Crippen LogP contribution in [0.1, 0.15) is 46.5 Å². The standard InChI is InChI=1S/C12H25NO2S/c1-12(2,3)7-9-16(14,15)10-11-6-4-5-8-13-11/h11,13H,4-10H2,1-3H3. The second kappa shape index (κ2) is 5.50. The molecule has 3 nitrogen and oxygen atoms in total. The molecule has 1 heterocycles. The zero-order valence-corrected chi connectivity index (χ0v) is 11.6. The van der Waals surface area contributed by atoms with Crippen molar-refractivity contribution in [2.45, 2.75) is 52.5 Å². The molecule has 1 aliphatic heterocycles. The van der Waals surface area contributed by atoms with Gasteiger partial charge < -0.3 is 5.32 Å². The maximum Gasteiger partial charge on any atom is 0.151 e. The highest BCUT2D eigenvalue weighted by Gasteiger charge is 2.22. The van der Waals surface area contributed by atoms with E-state index in [-0.39, 0.29) is 11.5 Å². The second-order valence-corrected chi connectivity index (χ2v) is 8.30. The topological polar surface area (TPSA) is 46.2 Å². The fourth-order valence-electron chi connectivity index (χ4n) is 1.92. The van der Waals surface area contributed by atoms with E-state index in [2.05, 4.69) is 26.1 Å². The van der Waals surface area contributed by atoms with Crippen molar-refractivity contribution in [2.24, 2.45) is 5.41 Å². The number of nitrogens with one attached hydrogen (secondary N) is 1. The zero-order chi connectivity index (χ0) is 12.2. The van der Waals surface area contributed by atoms with E-state index in [0.717, 1.165) is 25.8 Å². The molecule has 1 aliphatic rings. The van der Waals surface area contributed by atoms with Crippen LogP contribution in [0.25, 0.3) is 0 Å². The zero-order valence-electron chi connectivity index (χ0n) is 10.8. The third-order valence-corrected chi connectivity index (χ3v) is 4.77. The summed E-state index contributed by atoms with van der Waals surface area (Å²) in [5.74, 6) is 0.651. The van der Waals surface area contributed by atoms with E-state index in [9.17, 15) is 8.42 Å². The molecule has 96 valence electrons. The highest BCUT2D eigenvalue weighted by molar-refractivity contribution is 7.91. The van der Waals surface area contributed by atoms with Gasteiger partial charge in [-0.2, -0.15) is 0 Å². The van der Waals surface area contributed by atoms with Crippen molar-refractivity contribution < 1.29 is 8.42 Å². The molecule has 0 radical (unpaired) electrons. The van der Waals surface area contributed by atoms with Crippen LogP contribution in [-0.4, -0.2) is 32.5 Å². The van der Waals surface area contributed by atoms with E-state index < -0.39 is 9.84 Å². The molecule has 0 saturated carbocycles. The van der Waals surface area contributed by atoms with Crippen LogP contribution in [0.15, 0.2) is 0 Å². The lowest BCUT2D eigenvalue weighted by molar-refractivity contribution is 0.394. The first kappa shape index (κ1) is 14.0. The van der Waals surface area contributed by atoms with Crippen LogP contribution in [0.5, 0.6) is 0 Å². The molecule has 16 heavy (non-hydrogen) atoms. The molecule has 4 heteroatoms. The van der Waals surface area contributed by atoms with Crippen molar-refractivity contribution in [3.8, 4) is 0 Å². The minimum absolute atomic E-state index is 0.104. The Morgan fingerprint density at radius 3 is 2.44 bits per heavy atom. The molecule has 0 bridgehead atoms. The first-order valence-corrected chi connectivity index (χ1v) is 8.04. The third-order valence-electron chi connectivity index (χ3n) is 3.03. The van der Waals surface area contributed by atoms with Gasteiger partial charge in [0.15, 0.2) is 9.84 Å². The molecule has 1 N–H and O–H groups in total. The number of hydrogen-bond acceptors (Lipinski definition) is 3. The van der Waals surface area contributed by atoms with Crippen molar-refractivity contribution in [3.05, 3.63) is 0 Å². The molecule has 1 fully saturated rings. The number of hydrogen-bond donors (Lipinski definition) is 1. The van der Waals surface area contributed by atoms with Gasteiger partial charge in [0.2, 0.25) is 0 Å². The average Bonchev–Trinajstić information content (AvgIpc) is 2.15. The van der Waals surface area contributed by atoms with Crippen LogP contribution in [-0.2, 0) is 9.84 Å². The van der Waals surface area contributed by atoms with Gasteiger partial charge in [0.25, 0.3) is 0 Å². The Morgan fingerprint density at radius 1 is 1.25 bits per heavy atom. The summed E-state index contributed by atoms with van der Waals surface area (Å²) in [6, 6.07) is 0.193. The molecule has 1 rings (SSSR count). The quantitative estimate of drug-likeness (QED) is 0.826. The molecular weight excluding hydrogens is 222 g/mol. The maximum absolute atomic E-state index is 11.9. The molecule has 0 aliphatic carbocycles. The van der Waals surface area contributed by atoms with Crippen molar-refractivity contribution in [1.82, 2.24) is 5.32 Å². The van der Waals surface area contributed by atoms with Crippen LogP contribution >= 0.6 is 0 Å². The summed E-state index contributed by atoms with van der Waals surface area (Å²) >= 11 is 0. The summed E-state index contributed by atoms with van der Waals surface area (Å²) in [5.41, 5.74) is 0.104. The summed E-state index contributed by atoms with van der Waals surface area (Å²) in [4.78, 5) is 0. The van der Waals surface area contributed by atoms with E-state index >= 15 is 0 Å². The summed E-state index contributed by atoms with van der Waals surface area (Å²) in [7, 11) is -2.88. The molecule has 1 saturated heterocycles. The Labute approximate surface area is 99.9 Å². The van der Waals surface area contributed by atoms with Crippen LogP contribution in [0.4, 0.5) is 0 Å². The fraction of sp³-hybridized carbons (Fsp3) is 1.00. The smallest absolute Gasteiger partial charge is 0.151 e. The van der Waals surface area contributed by atoms with E-state index in [0.29, 0.717) is 11.5 Å². The molecule has 1 atom stereocenters. The van der Waals surface area contributed by atoms with Gasteiger partial charge in [0.05, 0.1) is 11.5 Å². The minimum Gasteiger partial charge on any atom is -0.313 e. The van der Waals surface area contributed by atoms with Crippen molar-refractivity contribution in [1.29, 1.82) is 0 Å². The highest BCUT2D eigenvalue weighted by Crippen LogP contribution is 2.20. The van der Waals surface area contributed by atoms with Gasteiger partial charge in [0, 0.05) is 6.04 Å². The number of rotatable bonds is 4. The van der Waals surface area contributed by atoms with Gasteiger partial charge in [-0.15, -0.1) is 0 Å². The van der Waals surface area contributed by atoms with Crippen LogP contribution in [0, 0.1) is 5.41 Å². The molecule has 1 unspecified atom stereocenters. The SMILES string of the molecule is CC(C)(C)CCS(=O)(=O)CC1CCCCN1. The van der Waals surface area contributed by atoms with Gasteiger partial charge in [-0.1, -0.05) is 27.2 Å². The highest BCUT2D eigenvalue weighted by atomic mass is 32.2. The molecule has 0 aromatic heterocycles. The number of piperidine rings is 1. The van der Waals surface area contributed by atoms with Crippen LogP contribution < -0.4 is 5.32 Å². The maximum atomic E-state index is 11.9. The Kier molecular flexibility index (Phi) is 4.80. The summed E-state index contributed by atoms with van der Waals surface area (Å²) in [6.07, 6.45) is 4.10. The van der Waals surface area contributed by atoms with Gasteiger partial charge in [0.1, 0.15) is 0 Å². The first-order valence-electron chi connectivity index (χ1n) is 6.22. The van der Waals surface area contributed by atoms with E-state index in [4.69, 9.17) is 0 Å². The Morgan fingerprint density at radius 2 is 1.94 bits per heavy atom. The Balaban J connectivity index is 2.38. The lowest BCUT2D eigenvalue weighted by Gasteiger charge is -2.24. The minimum atomic E-state index is -2.88. The normalized spacial score (nSPS) is 23.3. The monoisotopic (exact) mass is 247 g/mol. The van der Waals surface area contributed by atoms with Gasteiger partial charge in [-0.25, -0.2) is 8.42 Å². The third kappa shape index (κ3) is 5.85. The fourth-order valence-corrected chi connectivity index (χ4v) is 3.91. The van der Waals surface area contributed by atoms with Gasteiger partial charge in [-0.05, 0) is 31.2 Å². The van der Waals surface area contributed by atoms with Crippen molar-refractivity contribution in [3.63, 3.8) is 0 Å². The summed E-state index contributed by atoms with van der Waals surface area (Å²) in [5, 5.41) is 3.29. The largest absolute Gasteiger partial charge is 0.313 e. The summed E-state index contributed by atoms with van der Waals surface area (Å²) in [6.45, 7) is 7.23. The predicted octanol–water partition coefficient (Wildman–Crippen LogP) is 1.98. The van der Waals surface area contributed by atoms with Crippen molar-refractivity contribution in [2.75, 3.05) is 18.1 Å². The first-order chi connectivity index (χ1) is 7.29. The lowest BCUT2D eigenvalue weighted by Crippen LogP contribution is -2.40. The molecule has 0 aromatic carbocycles. The van der Waals surface area contributed by atoms with Crippen LogP contribution in [0.3, 0.4) is 0 Å².